The topological polar surface area (TPSA) is 135 Å². The third-order valence-corrected chi connectivity index (χ3v) is 5.19. The number of anilines is 1. The lowest BCUT2D eigenvalue weighted by molar-refractivity contribution is -0.116. The van der Waals surface area contributed by atoms with Gasteiger partial charge < -0.3 is 34.2 Å². The number of rotatable bonds is 10. The van der Waals surface area contributed by atoms with Gasteiger partial charge in [0.15, 0.2) is 17.2 Å². The molecule has 0 heterocycles. The number of hydrogen-bond acceptors (Lipinski definition) is 9. The zero-order chi connectivity index (χ0) is 22.3. The number of amides is 1. The van der Waals surface area contributed by atoms with Crippen LogP contribution in [-0.2, 0) is 14.9 Å². The smallest absolute Gasteiger partial charge is 0.339 e. The zero-order valence-corrected chi connectivity index (χ0v) is 17.9. The molecule has 0 saturated heterocycles. The predicted octanol–water partition coefficient (Wildman–Crippen LogP) is 1.78. The Morgan fingerprint density at radius 2 is 1.53 bits per heavy atom. The highest BCUT2D eigenvalue weighted by atomic mass is 32.2. The molecule has 2 rings (SSSR count). The molecule has 0 saturated carbocycles. The molecule has 2 aromatic rings. The molecule has 0 radical (unpaired) electrons. The molecule has 0 aromatic heterocycles. The Hall–Kier alpha value is -3.18. The van der Waals surface area contributed by atoms with Crippen LogP contribution in [0.25, 0.3) is 0 Å². The number of methoxy groups -OCH3 is 4. The lowest BCUT2D eigenvalue weighted by Gasteiger charge is -2.15. The summed E-state index contributed by atoms with van der Waals surface area (Å²) in [7, 11) is 1.36. The number of nitrogens with two attached hydrogens (primary N) is 1. The first-order chi connectivity index (χ1) is 14.3. The van der Waals surface area contributed by atoms with Gasteiger partial charge in [0.25, 0.3) is 0 Å². The van der Waals surface area contributed by atoms with Crippen molar-refractivity contribution in [2.75, 3.05) is 40.3 Å². The molecule has 0 atom stereocenters. The van der Waals surface area contributed by atoms with Gasteiger partial charge in [-0.1, -0.05) is 0 Å². The average Bonchev–Trinajstić information content (AvgIpc) is 2.72. The Kier molecular flexibility index (Phi) is 7.72. The monoisotopic (exact) mass is 440 g/mol. The lowest BCUT2D eigenvalue weighted by Crippen LogP contribution is -2.17. The Labute approximate surface area is 174 Å². The van der Waals surface area contributed by atoms with E-state index in [9.17, 15) is 13.2 Å². The maximum atomic E-state index is 12.8. The highest BCUT2D eigenvalue weighted by molar-refractivity contribution is 7.87. The Bertz CT molecular complexity index is 983. The maximum Gasteiger partial charge on any atom is 0.339 e. The first-order valence-corrected chi connectivity index (χ1v) is 10.1. The summed E-state index contributed by atoms with van der Waals surface area (Å²) in [6, 6.07) is 6.65. The van der Waals surface area contributed by atoms with Gasteiger partial charge in [-0.15, -0.1) is 0 Å². The van der Waals surface area contributed by atoms with E-state index in [1.54, 1.807) is 0 Å². The molecule has 30 heavy (non-hydrogen) atoms. The first-order valence-electron chi connectivity index (χ1n) is 8.72. The molecule has 0 spiro atoms. The van der Waals surface area contributed by atoms with E-state index >= 15 is 0 Å². The molecule has 0 unspecified atom stereocenters. The second-order valence-electron chi connectivity index (χ2n) is 5.85. The third-order valence-electron chi connectivity index (χ3n) is 3.95. The number of benzene rings is 2. The molecule has 3 N–H and O–H groups in total. The maximum absolute atomic E-state index is 12.8. The normalized spacial score (nSPS) is 10.8. The molecule has 0 aliphatic carbocycles. The number of hydrogen-bond donors (Lipinski definition) is 2. The van der Waals surface area contributed by atoms with Crippen molar-refractivity contribution >= 4 is 21.7 Å². The molecule has 11 heteroatoms. The number of ether oxygens (including phenoxy) is 4. The summed E-state index contributed by atoms with van der Waals surface area (Å²) < 4.78 is 51.6. The van der Waals surface area contributed by atoms with Crippen LogP contribution in [0, 0.1) is 0 Å². The number of nitrogens with one attached hydrogen (secondary N) is 1. The molecular formula is C19H24N2O8S. The van der Waals surface area contributed by atoms with Crippen LogP contribution in [0.15, 0.2) is 35.2 Å². The molecule has 0 aliphatic rings. The summed E-state index contributed by atoms with van der Waals surface area (Å²) >= 11 is 0. The highest BCUT2D eigenvalue weighted by Crippen LogP contribution is 2.41. The van der Waals surface area contributed by atoms with Crippen molar-refractivity contribution in [3.63, 3.8) is 0 Å². The molecule has 0 aliphatic heterocycles. The fourth-order valence-electron chi connectivity index (χ4n) is 2.56. The van der Waals surface area contributed by atoms with Crippen LogP contribution < -0.4 is 34.2 Å². The van der Waals surface area contributed by atoms with Gasteiger partial charge in [-0.25, -0.2) is 0 Å². The molecular weight excluding hydrogens is 416 g/mol. The van der Waals surface area contributed by atoms with Gasteiger partial charge >= 0.3 is 10.1 Å². The SMILES string of the molecule is COc1ccc(S(=O)(=O)Oc2cc(OC)c(OC)c(OC)c2)cc1NC(=O)CCN. The Morgan fingerprint density at radius 1 is 0.933 bits per heavy atom. The van der Waals surface area contributed by atoms with Gasteiger partial charge in [-0.05, 0) is 18.2 Å². The van der Waals surface area contributed by atoms with E-state index in [1.807, 2.05) is 0 Å². The van der Waals surface area contributed by atoms with Gasteiger partial charge in [0.2, 0.25) is 11.7 Å². The van der Waals surface area contributed by atoms with Crippen LogP contribution in [0.1, 0.15) is 6.42 Å². The van der Waals surface area contributed by atoms with Gasteiger partial charge in [-0.2, -0.15) is 8.42 Å². The van der Waals surface area contributed by atoms with Gasteiger partial charge in [0, 0.05) is 25.1 Å². The van der Waals surface area contributed by atoms with E-state index < -0.39 is 10.1 Å². The summed E-state index contributed by atoms with van der Waals surface area (Å²) in [5.41, 5.74) is 5.54. The zero-order valence-electron chi connectivity index (χ0n) is 17.1. The van der Waals surface area contributed by atoms with Crippen molar-refractivity contribution < 1.29 is 36.3 Å². The van der Waals surface area contributed by atoms with Gasteiger partial charge in [0.05, 0.1) is 34.1 Å². The molecule has 164 valence electrons. The van der Waals surface area contributed by atoms with Gasteiger partial charge in [-0.3, -0.25) is 4.79 Å². The largest absolute Gasteiger partial charge is 0.495 e. The minimum absolute atomic E-state index is 0.0472. The summed E-state index contributed by atoms with van der Waals surface area (Å²) in [6.07, 6.45) is 0.0715. The van der Waals surface area contributed by atoms with Crippen LogP contribution in [0.5, 0.6) is 28.7 Å². The minimum Gasteiger partial charge on any atom is -0.495 e. The fourth-order valence-corrected chi connectivity index (χ4v) is 3.51. The van der Waals surface area contributed by atoms with Crippen molar-refractivity contribution in [1.29, 1.82) is 0 Å². The predicted molar refractivity (Wildman–Crippen MR) is 109 cm³/mol. The van der Waals surface area contributed by atoms with Crippen molar-refractivity contribution in [3.05, 3.63) is 30.3 Å². The quantitative estimate of drug-likeness (QED) is 0.530. The van der Waals surface area contributed by atoms with E-state index in [0.717, 1.165) is 0 Å². The second-order valence-corrected chi connectivity index (χ2v) is 7.39. The molecule has 0 fully saturated rings. The van der Waals surface area contributed by atoms with Gasteiger partial charge in [0.1, 0.15) is 10.6 Å². The highest BCUT2D eigenvalue weighted by Gasteiger charge is 2.22. The molecule has 10 nitrogen and oxygen atoms in total. The van der Waals surface area contributed by atoms with Crippen LogP contribution >= 0.6 is 0 Å². The standard InChI is InChI=1S/C19H24N2O8S/c1-25-15-6-5-13(11-14(15)21-18(22)7-8-20)30(23,24)29-12-9-16(26-2)19(28-4)17(10-12)27-3/h5-6,9-11H,7-8,20H2,1-4H3,(H,21,22). The Balaban J connectivity index is 2.41. The van der Waals surface area contributed by atoms with E-state index in [4.69, 9.17) is 28.9 Å². The number of carbonyl (C=O) groups is 1. The van der Waals surface area contributed by atoms with Crippen molar-refractivity contribution in [3.8, 4) is 28.7 Å². The second kappa shape index (κ2) is 10.0. The van der Waals surface area contributed by atoms with Crippen LogP contribution in [-0.4, -0.2) is 49.3 Å². The number of carbonyl (C=O) groups excluding carboxylic acids is 1. The molecule has 1 amide bonds. The van der Waals surface area contributed by atoms with Crippen LogP contribution in [0.4, 0.5) is 5.69 Å². The summed E-state index contributed by atoms with van der Waals surface area (Å²) in [4.78, 5) is 11.7. The Morgan fingerprint density at radius 3 is 2.03 bits per heavy atom. The van der Waals surface area contributed by atoms with Crippen molar-refractivity contribution in [2.45, 2.75) is 11.3 Å². The van der Waals surface area contributed by atoms with Crippen LogP contribution in [0.3, 0.4) is 0 Å². The summed E-state index contributed by atoms with van der Waals surface area (Å²) in [6.45, 7) is 0.149. The average molecular weight is 440 g/mol. The minimum atomic E-state index is -4.26. The third kappa shape index (κ3) is 5.24. The van der Waals surface area contributed by atoms with E-state index in [1.165, 1.54) is 58.8 Å². The van der Waals surface area contributed by atoms with Crippen molar-refractivity contribution in [2.24, 2.45) is 5.73 Å². The van der Waals surface area contributed by atoms with Crippen LogP contribution in [0.2, 0.25) is 0 Å². The molecule has 2 aromatic carbocycles. The summed E-state index contributed by atoms with van der Waals surface area (Å²) in [5.74, 6) is 0.606. The van der Waals surface area contributed by atoms with E-state index in [2.05, 4.69) is 5.32 Å². The van der Waals surface area contributed by atoms with E-state index in [0.29, 0.717) is 5.75 Å². The fraction of sp³-hybridized carbons (Fsp3) is 0.316. The van der Waals surface area contributed by atoms with Crippen molar-refractivity contribution in [1.82, 2.24) is 0 Å². The summed E-state index contributed by atoms with van der Waals surface area (Å²) in [5, 5.41) is 2.57. The molecule has 0 bridgehead atoms. The van der Waals surface area contributed by atoms with E-state index in [-0.39, 0.29) is 52.5 Å². The first kappa shape index (κ1) is 23.1. The lowest BCUT2D eigenvalue weighted by atomic mass is 10.2.